The Kier molecular flexibility index (Phi) is 5.14. The minimum atomic E-state index is -3.57. The van der Waals surface area contributed by atoms with Crippen LogP contribution < -0.4 is 0 Å². The fourth-order valence-corrected chi connectivity index (χ4v) is 4.95. The first kappa shape index (κ1) is 15.1. The molecule has 1 heterocycles. The van der Waals surface area contributed by atoms with Crippen molar-refractivity contribution in [2.75, 3.05) is 24.6 Å². The number of rotatable bonds is 3. The molecule has 0 spiro atoms. The predicted octanol–water partition coefficient (Wildman–Crippen LogP) is 1.96. The smallest absolute Gasteiger partial charge is 0.244 e. The molecule has 0 atom stereocenters. The fraction of sp³-hybridized carbons (Fsp3) is 0.500. The monoisotopic (exact) mass is 321 g/mol. The summed E-state index contributed by atoms with van der Waals surface area (Å²) >= 11 is 7.77. The molecule has 1 fully saturated rings. The first-order valence-electron chi connectivity index (χ1n) is 6.03. The zero-order valence-electron chi connectivity index (χ0n) is 10.4. The van der Waals surface area contributed by atoms with Gasteiger partial charge in [-0.05, 0) is 29.9 Å². The van der Waals surface area contributed by atoms with Crippen molar-refractivity contribution in [3.8, 4) is 0 Å². The highest BCUT2D eigenvalue weighted by Gasteiger charge is 2.27. The molecule has 0 aliphatic carbocycles. The molecule has 7 heteroatoms. The number of sulfonamides is 1. The number of aliphatic hydroxyl groups is 1. The van der Waals surface area contributed by atoms with Crippen molar-refractivity contribution in [2.24, 2.45) is 0 Å². The summed E-state index contributed by atoms with van der Waals surface area (Å²) in [5.41, 5.74) is 0.548. The van der Waals surface area contributed by atoms with E-state index in [-0.39, 0.29) is 16.5 Å². The second-order valence-corrected chi connectivity index (χ2v) is 7.83. The average Bonchev–Trinajstić information content (AvgIpc) is 2.68. The number of halogens is 1. The highest BCUT2D eigenvalue weighted by molar-refractivity contribution is 7.99. The third kappa shape index (κ3) is 3.44. The van der Waals surface area contributed by atoms with Crippen LogP contribution in [0.1, 0.15) is 12.0 Å². The van der Waals surface area contributed by atoms with Gasteiger partial charge in [-0.3, -0.25) is 0 Å². The van der Waals surface area contributed by atoms with E-state index in [1.807, 2.05) is 0 Å². The Labute approximate surface area is 122 Å². The highest BCUT2D eigenvalue weighted by atomic mass is 35.5. The molecule has 0 unspecified atom stereocenters. The van der Waals surface area contributed by atoms with E-state index in [0.717, 1.165) is 17.9 Å². The van der Waals surface area contributed by atoms with Gasteiger partial charge in [0, 0.05) is 18.8 Å². The van der Waals surface area contributed by atoms with Gasteiger partial charge < -0.3 is 5.11 Å². The second kappa shape index (κ2) is 6.45. The van der Waals surface area contributed by atoms with E-state index in [2.05, 4.69) is 0 Å². The molecule has 1 aliphatic rings. The van der Waals surface area contributed by atoms with Crippen molar-refractivity contribution >= 4 is 33.4 Å². The van der Waals surface area contributed by atoms with Crippen LogP contribution in [0.5, 0.6) is 0 Å². The van der Waals surface area contributed by atoms with E-state index in [0.29, 0.717) is 18.7 Å². The van der Waals surface area contributed by atoms with Crippen LogP contribution in [0.15, 0.2) is 23.1 Å². The predicted molar refractivity (Wildman–Crippen MR) is 78.1 cm³/mol. The van der Waals surface area contributed by atoms with E-state index in [4.69, 9.17) is 16.7 Å². The van der Waals surface area contributed by atoms with Crippen molar-refractivity contribution < 1.29 is 13.5 Å². The van der Waals surface area contributed by atoms with Gasteiger partial charge in [-0.2, -0.15) is 16.1 Å². The number of thioether (sulfide) groups is 1. The van der Waals surface area contributed by atoms with Crippen molar-refractivity contribution in [1.82, 2.24) is 4.31 Å². The Bertz CT molecular complexity index is 540. The Morgan fingerprint density at radius 1 is 1.32 bits per heavy atom. The van der Waals surface area contributed by atoms with Crippen LogP contribution in [-0.2, 0) is 16.6 Å². The van der Waals surface area contributed by atoms with E-state index in [9.17, 15) is 8.42 Å². The van der Waals surface area contributed by atoms with E-state index in [1.165, 1.54) is 16.4 Å². The molecule has 1 aromatic rings. The topological polar surface area (TPSA) is 57.6 Å². The number of benzene rings is 1. The molecule has 1 aromatic carbocycles. The standard InChI is InChI=1S/C12H16ClNO3S2/c13-11-3-2-10(9-15)8-12(11)19(16,17)14-4-1-6-18-7-5-14/h2-3,8,15H,1,4-7,9H2. The van der Waals surface area contributed by atoms with Crippen molar-refractivity contribution in [1.29, 1.82) is 0 Å². The van der Waals surface area contributed by atoms with E-state index < -0.39 is 10.0 Å². The lowest BCUT2D eigenvalue weighted by Crippen LogP contribution is -2.33. The van der Waals surface area contributed by atoms with Crippen LogP contribution in [0.25, 0.3) is 0 Å². The van der Waals surface area contributed by atoms with Crippen molar-refractivity contribution in [3.05, 3.63) is 28.8 Å². The van der Waals surface area contributed by atoms with Gasteiger partial charge in [-0.15, -0.1) is 0 Å². The van der Waals surface area contributed by atoms with Crippen LogP contribution in [0, 0.1) is 0 Å². The molecule has 106 valence electrons. The summed E-state index contributed by atoms with van der Waals surface area (Å²) in [4.78, 5) is 0.0904. The molecule has 1 saturated heterocycles. The Balaban J connectivity index is 2.37. The molecule has 2 rings (SSSR count). The third-order valence-corrected chi connectivity index (χ3v) is 6.41. The van der Waals surface area contributed by atoms with Crippen LogP contribution in [0.3, 0.4) is 0 Å². The summed E-state index contributed by atoms with van der Waals surface area (Å²) in [6.45, 7) is 0.831. The molecular formula is C12H16ClNO3S2. The summed E-state index contributed by atoms with van der Waals surface area (Å²) in [5.74, 6) is 1.78. The molecule has 4 nitrogen and oxygen atoms in total. The van der Waals surface area contributed by atoms with Gasteiger partial charge in [0.05, 0.1) is 11.6 Å². The first-order valence-corrected chi connectivity index (χ1v) is 9.00. The maximum absolute atomic E-state index is 12.6. The average molecular weight is 322 g/mol. The molecule has 0 radical (unpaired) electrons. The summed E-state index contributed by atoms with van der Waals surface area (Å²) in [7, 11) is -3.57. The van der Waals surface area contributed by atoms with Crippen molar-refractivity contribution in [2.45, 2.75) is 17.9 Å². The van der Waals surface area contributed by atoms with E-state index in [1.54, 1.807) is 17.8 Å². The zero-order valence-corrected chi connectivity index (χ0v) is 12.8. The Morgan fingerprint density at radius 2 is 2.11 bits per heavy atom. The largest absolute Gasteiger partial charge is 0.392 e. The number of aliphatic hydroxyl groups excluding tert-OH is 1. The van der Waals surface area contributed by atoms with Gasteiger partial charge in [0.25, 0.3) is 0 Å². The molecule has 0 aromatic heterocycles. The summed E-state index contributed by atoms with van der Waals surface area (Å²) in [5, 5.41) is 9.32. The molecule has 1 N–H and O–H groups in total. The van der Waals surface area contributed by atoms with E-state index >= 15 is 0 Å². The van der Waals surface area contributed by atoms with Crippen molar-refractivity contribution in [3.63, 3.8) is 0 Å². The Morgan fingerprint density at radius 3 is 2.84 bits per heavy atom. The summed E-state index contributed by atoms with van der Waals surface area (Å²) in [6.07, 6.45) is 0.848. The summed E-state index contributed by atoms with van der Waals surface area (Å²) < 4.78 is 26.6. The third-order valence-electron chi connectivity index (χ3n) is 2.98. The van der Waals surface area contributed by atoms with Gasteiger partial charge in [0.2, 0.25) is 10.0 Å². The maximum Gasteiger partial charge on any atom is 0.244 e. The van der Waals surface area contributed by atoms with Gasteiger partial charge in [-0.25, -0.2) is 8.42 Å². The van der Waals surface area contributed by atoms with Gasteiger partial charge in [-0.1, -0.05) is 17.7 Å². The van der Waals surface area contributed by atoms with Crippen LogP contribution in [0.4, 0.5) is 0 Å². The SMILES string of the molecule is O=S(=O)(c1cc(CO)ccc1Cl)N1CCCSCC1. The molecule has 19 heavy (non-hydrogen) atoms. The van der Waals surface area contributed by atoms with Crippen LogP contribution in [0.2, 0.25) is 5.02 Å². The maximum atomic E-state index is 12.6. The Hall–Kier alpha value is -0.270. The number of hydrogen-bond acceptors (Lipinski definition) is 4. The molecule has 1 aliphatic heterocycles. The highest BCUT2D eigenvalue weighted by Crippen LogP contribution is 2.27. The zero-order chi connectivity index (χ0) is 13.9. The fourth-order valence-electron chi connectivity index (χ4n) is 1.95. The first-order chi connectivity index (χ1) is 9.05. The lowest BCUT2D eigenvalue weighted by atomic mass is 10.2. The van der Waals surface area contributed by atoms with Crippen LogP contribution >= 0.6 is 23.4 Å². The normalized spacial score (nSPS) is 18.2. The van der Waals surface area contributed by atoms with Crippen LogP contribution in [-0.4, -0.2) is 42.4 Å². The molecule has 0 saturated carbocycles. The lowest BCUT2D eigenvalue weighted by Gasteiger charge is -2.20. The van der Waals surface area contributed by atoms with Gasteiger partial charge in [0.15, 0.2) is 0 Å². The quantitative estimate of drug-likeness (QED) is 0.924. The molecule has 0 bridgehead atoms. The minimum absolute atomic E-state index is 0.0904. The molecular weight excluding hydrogens is 306 g/mol. The van der Waals surface area contributed by atoms with Gasteiger partial charge in [0.1, 0.15) is 4.90 Å². The van der Waals surface area contributed by atoms with Gasteiger partial charge >= 0.3 is 0 Å². The number of nitrogens with zero attached hydrogens (tertiary/aromatic N) is 1. The molecule has 0 amide bonds. The number of hydrogen-bond donors (Lipinski definition) is 1. The summed E-state index contributed by atoms with van der Waals surface area (Å²) in [6, 6.07) is 4.60. The minimum Gasteiger partial charge on any atom is -0.392 e. The lowest BCUT2D eigenvalue weighted by molar-refractivity contribution is 0.281. The second-order valence-electron chi connectivity index (χ2n) is 4.29.